The van der Waals surface area contributed by atoms with Crippen molar-refractivity contribution in [2.24, 2.45) is 0 Å². The molecule has 1 N–H and O–H groups in total. The lowest BCUT2D eigenvalue weighted by molar-refractivity contribution is -0.118. The molecule has 1 amide bonds. The molecular weight excluding hydrogens is 280 g/mol. The van der Waals surface area contributed by atoms with Gasteiger partial charge in [0.15, 0.2) is 0 Å². The van der Waals surface area contributed by atoms with Gasteiger partial charge in [0, 0.05) is 23.1 Å². The lowest BCUT2D eigenvalue weighted by atomic mass is 10.2. The number of halogens is 1. The number of fused-ring (bicyclic) bond motifs is 1. The predicted molar refractivity (Wildman–Crippen MR) is 73.4 cm³/mol. The van der Waals surface area contributed by atoms with Gasteiger partial charge in [0.05, 0.1) is 0 Å². The highest BCUT2D eigenvalue weighted by Crippen LogP contribution is 2.30. The van der Waals surface area contributed by atoms with E-state index in [1.165, 1.54) is 5.56 Å². The third-order valence-electron chi connectivity index (χ3n) is 3.06. The average molecular weight is 297 g/mol. The number of hydrogen-bond acceptors (Lipinski definition) is 2. The molecule has 1 aromatic rings. The zero-order valence-corrected chi connectivity index (χ0v) is 11.6. The number of amides is 1. The summed E-state index contributed by atoms with van der Waals surface area (Å²) >= 11 is 3.46. The average Bonchev–Trinajstić information content (AvgIpc) is 2.72. The summed E-state index contributed by atoms with van der Waals surface area (Å²) < 4.78 is 1.08. The van der Waals surface area contributed by atoms with Crippen LogP contribution in [-0.4, -0.2) is 26.0 Å². The number of benzene rings is 1. The van der Waals surface area contributed by atoms with E-state index in [1.54, 1.807) is 0 Å². The monoisotopic (exact) mass is 296 g/mol. The molecule has 0 saturated heterocycles. The van der Waals surface area contributed by atoms with Crippen LogP contribution in [0.15, 0.2) is 22.7 Å². The van der Waals surface area contributed by atoms with Crippen LogP contribution in [0.1, 0.15) is 18.4 Å². The van der Waals surface area contributed by atoms with Crippen molar-refractivity contribution >= 4 is 27.5 Å². The molecule has 0 fully saturated rings. The molecule has 2 rings (SSSR count). The van der Waals surface area contributed by atoms with Crippen molar-refractivity contribution in [2.75, 3.05) is 25.0 Å². The van der Waals surface area contributed by atoms with Gasteiger partial charge in [-0.25, -0.2) is 0 Å². The van der Waals surface area contributed by atoms with E-state index in [4.69, 9.17) is 0 Å². The van der Waals surface area contributed by atoms with Crippen LogP contribution in [0.25, 0.3) is 0 Å². The van der Waals surface area contributed by atoms with Gasteiger partial charge in [-0.05, 0) is 50.2 Å². The highest BCUT2D eigenvalue weighted by molar-refractivity contribution is 9.10. The van der Waals surface area contributed by atoms with E-state index in [2.05, 4.69) is 27.3 Å². The zero-order valence-electron chi connectivity index (χ0n) is 10.0. The van der Waals surface area contributed by atoms with Crippen molar-refractivity contribution < 1.29 is 4.79 Å². The summed E-state index contributed by atoms with van der Waals surface area (Å²) in [6.07, 6.45) is 2.49. The Morgan fingerprint density at radius 1 is 1.53 bits per heavy atom. The number of hydrogen-bond donors (Lipinski definition) is 1. The van der Waals surface area contributed by atoms with Gasteiger partial charge in [0.1, 0.15) is 0 Å². The Labute approximate surface area is 110 Å². The second kappa shape index (κ2) is 5.65. The molecule has 17 heavy (non-hydrogen) atoms. The van der Waals surface area contributed by atoms with Crippen LogP contribution in [-0.2, 0) is 11.2 Å². The summed E-state index contributed by atoms with van der Waals surface area (Å²) in [5, 5.41) is 3.06. The normalized spacial score (nSPS) is 13.9. The van der Waals surface area contributed by atoms with Gasteiger partial charge in [-0.1, -0.05) is 15.9 Å². The number of carbonyl (C=O) groups excluding carboxylic acids is 1. The molecule has 0 bridgehead atoms. The third-order valence-corrected chi connectivity index (χ3v) is 3.55. The number of nitrogens with one attached hydrogen (secondary N) is 1. The van der Waals surface area contributed by atoms with Crippen LogP contribution in [0, 0.1) is 0 Å². The SMILES string of the molecule is CNCCCC(=O)N1CCc2cc(Br)ccc21. The molecule has 1 aliphatic heterocycles. The van der Waals surface area contributed by atoms with Gasteiger partial charge in [-0.2, -0.15) is 0 Å². The van der Waals surface area contributed by atoms with E-state index in [9.17, 15) is 4.79 Å². The largest absolute Gasteiger partial charge is 0.320 e. The maximum absolute atomic E-state index is 12.1. The quantitative estimate of drug-likeness (QED) is 0.865. The van der Waals surface area contributed by atoms with Gasteiger partial charge in [-0.3, -0.25) is 4.79 Å². The Morgan fingerprint density at radius 3 is 3.12 bits per heavy atom. The Bertz CT molecular complexity index is 420. The second-order valence-electron chi connectivity index (χ2n) is 4.28. The van der Waals surface area contributed by atoms with E-state index < -0.39 is 0 Å². The van der Waals surface area contributed by atoms with Crippen LogP contribution >= 0.6 is 15.9 Å². The predicted octanol–water partition coefficient (Wildman–Crippen LogP) is 2.34. The second-order valence-corrected chi connectivity index (χ2v) is 5.19. The highest BCUT2D eigenvalue weighted by Gasteiger charge is 2.23. The molecule has 0 unspecified atom stereocenters. The van der Waals surface area contributed by atoms with E-state index in [0.29, 0.717) is 6.42 Å². The van der Waals surface area contributed by atoms with Gasteiger partial charge in [0.25, 0.3) is 0 Å². The van der Waals surface area contributed by atoms with Crippen molar-refractivity contribution in [2.45, 2.75) is 19.3 Å². The van der Waals surface area contributed by atoms with Crippen molar-refractivity contribution in [3.05, 3.63) is 28.2 Å². The first-order valence-electron chi connectivity index (χ1n) is 5.96. The van der Waals surface area contributed by atoms with Crippen LogP contribution in [0.2, 0.25) is 0 Å². The fourth-order valence-corrected chi connectivity index (χ4v) is 2.59. The van der Waals surface area contributed by atoms with Crippen molar-refractivity contribution in [3.63, 3.8) is 0 Å². The summed E-state index contributed by atoms with van der Waals surface area (Å²) in [5.74, 6) is 0.237. The summed E-state index contributed by atoms with van der Waals surface area (Å²) in [6.45, 7) is 1.72. The van der Waals surface area contributed by atoms with Crippen LogP contribution < -0.4 is 10.2 Å². The first kappa shape index (κ1) is 12.6. The van der Waals surface area contributed by atoms with Gasteiger partial charge in [0.2, 0.25) is 5.91 Å². The first-order chi connectivity index (χ1) is 8.22. The van der Waals surface area contributed by atoms with Crippen molar-refractivity contribution in [1.82, 2.24) is 5.32 Å². The maximum Gasteiger partial charge on any atom is 0.227 e. The number of rotatable bonds is 4. The molecule has 0 aliphatic carbocycles. The molecule has 0 aromatic heterocycles. The van der Waals surface area contributed by atoms with Crippen molar-refractivity contribution in [3.8, 4) is 0 Å². The molecule has 3 nitrogen and oxygen atoms in total. The lowest BCUT2D eigenvalue weighted by Crippen LogP contribution is -2.29. The van der Waals surface area contributed by atoms with Gasteiger partial charge in [-0.15, -0.1) is 0 Å². The summed E-state index contributed by atoms with van der Waals surface area (Å²) in [6, 6.07) is 6.14. The number of carbonyl (C=O) groups is 1. The molecule has 0 spiro atoms. The Kier molecular flexibility index (Phi) is 4.18. The Balaban J connectivity index is 2.03. The van der Waals surface area contributed by atoms with Crippen LogP contribution in [0.4, 0.5) is 5.69 Å². The molecule has 0 atom stereocenters. The molecule has 1 aliphatic rings. The minimum atomic E-state index is 0.237. The molecule has 92 valence electrons. The maximum atomic E-state index is 12.1. The van der Waals surface area contributed by atoms with E-state index in [1.807, 2.05) is 24.1 Å². The molecule has 4 heteroatoms. The number of anilines is 1. The Morgan fingerprint density at radius 2 is 2.35 bits per heavy atom. The smallest absolute Gasteiger partial charge is 0.227 e. The topological polar surface area (TPSA) is 32.3 Å². The summed E-state index contributed by atoms with van der Waals surface area (Å²) in [5.41, 5.74) is 2.35. The molecule has 0 saturated carbocycles. The molecular formula is C13H17BrN2O. The summed E-state index contributed by atoms with van der Waals surface area (Å²) in [7, 11) is 1.91. The fourth-order valence-electron chi connectivity index (χ4n) is 2.18. The minimum Gasteiger partial charge on any atom is -0.320 e. The number of nitrogens with zero attached hydrogens (tertiary/aromatic N) is 1. The first-order valence-corrected chi connectivity index (χ1v) is 6.75. The van der Waals surface area contributed by atoms with Crippen LogP contribution in [0.3, 0.4) is 0 Å². The lowest BCUT2D eigenvalue weighted by Gasteiger charge is -2.17. The Hall–Kier alpha value is -0.870. The van der Waals surface area contributed by atoms with Crippen molar-refractivity contribution in [1.29, 1.82) is 0 Å². The van der Waals surface area contributed by atoms with E-state index in [0.717, 1.165) is 36.1 Å². The third kappa shape index (κ3) is 2.87. The molecule has 0 radical (unpaired) electrons. The van der Waals surface area contributed by atoms with E-state index in [-0.39, 0.29) is 5.91 Å². The highest BCUT2D eigenvalue weighted by atomic mass is 79.9. The minimum absolute atomic E-state index is 0.237. The zero-order chi connectivity index (χ0) is 12.3. The molecule has 1 heterocycles. The summed E-state index contributed by atoms with van der Waals surface area (Å²) in [4.78, 5) is 14.0. The van der Waals surface area contributed by atoms with Gasteiger partial charge < -0.3 is 10.2 Å². The molecule has 1 aromatic carbocycles. The van der Waals surface area contributed by atoms with Crippen LogP contribution in [0.5, 0.6) is 0 Å². The standard InChI is InChI=1S/C13H17BrN2O/c1-15-7-2-3-13(17)16-8-6-10-9-11(14)4-5-12(10)16/h4-5,9,15H,2-3,6-8H2,1H3. The van der Waals surface area contributed by atoms with E-state index >= 15 is 0 Å². The van der Waals surface area contributed by atoms with Gasteiger partial charge >= 0.3 is 0 Å². The fraction of sp³-hybridized carbons (Fsp3) is 0.462.